The molecular formula is C13H14ClN3OS. The normalized spacial score (nSPS) is 10.4. The van der Waals surface area contributed by atoms with Crippen LogP contribution in [0.25, 0.3) is 0 Å². The summed E-state index contributed by atoms with van der Waals surface area (Å²) < 4.78 is 0. The van der Waals surface area contributed by atoms with E-state index in [0.29, 0.717) is 17.1 Å². The van der Waals surface area contributed by atoms with Crippen molar-refractivity contribution in [1.82, 2.24) is 9.88 Å². The summed E-state index contributed by atoms with van der Waals surface area (Å²) in [6.45, 7) is 0.654. The average molecular weight is 296 g/mol. The van der Waals surface area contributed by atoms with E-state index in [2.05, 4.69) is 11.1 Å². The monoisotopic (exact) mass is 295 g/mol. The van der Waals surface area contributed by atoms with Crippen LogP contribution < -0.4 is 5.73 Å². The first kappa shape index (κ1) is 13.8. The minimum atomic E-state index is -0.106. The lowest BCUT2D eigenvalue weighted by atomic mass is 10.2. The van der Waals surface area contributed by atoms with Gasteiger partial charge in [-0.3, -0.25) is 4.79 Å². The van der Waals surface area contributed by atoms with Crippen LogP contribution in [0.5, 0.6) is 0 Å². The number of nitrogens with two attached hydrogens (primary N) is 1. The van der Waals surface area contributed by atoms with E-state index >= 15 is 0 Å². The fraction of sp³-hybridized carbons (Fsp3) is 0.231. The summed E-state index contributed by atoms with van der Waals surface area (Å²) in [7, 11) is 1.76. The highest BCUT2D eigenvalue weighted by molar-refractivity contribution is 7.09. The van der Waals surface area contributed by atoms with E-state index in [1.54, 1.807) is 29.4 Å². The van der Waals surface area contributed by atoms with E-state index < -0.39 is 0 Å². The van der Waals surface area contributed by atoms with Crippen molar-refractivity contribution in [3.63, 3.8) is 0 Å². The summed E-state index contributed by atoms with van der Waals surface area (Å²) in [6, 6.07) is 5.62. The summed E-state index contributed by atoms with van der Waals surface area (Å²) in [5.74, 6) is 0.130. The standard InChI is InChI=1S/C13H14ClN3OS/c1-17(5-4-10-3-2-6-19-10)13(18)9-7-11(14)12(15)16-8-9/h2-3,6-8H,4-5H2,1H3,(H2,15,16). The number of anilines is 1. The predicted molar refractivity (Wildman–Crippen MR) is 78.6 cm³/mol. The number of nitrogen functional groups attached to an aromatic ring is 1. The van der Waals surface area contributed by atoms with Crippen molar-refractivity contribution < 1.29 is 4.79 Å². The molecule has 0 bridgehead atoms. The second kappa shape index (κ2) is 6.04. The van der Waals surface area contributed by atoms with Crippen LogP contribution in [0.3, 0.4) is 0 Å². The molecule has 100 valence electrons. The maximum absolute atomic E-state index is 12.2. The van der Waals surface area contributed by atoms with Crippen LogP contribution in [-0.2, 0) is 6.42 Å². The third-order valence-electron chi connectivity index (χ3n) is 2.74. The van der Waals surface area contributed by atoms with E-state index in [-0.39, 0.29) is 11.7 Å². The van der Waals surface area contributed by atoms with Gasteiger partial charge in [0.1, 0.15) is 5.82 Å². The zero-order valence-corrected chi connectivity index (χ0v) is 12.0. The molecular weight excluding hydrogens is 282 g/mol. The Hall–Kier alpha value is -1.59. The van der Waals surface area contributed by atoms with Crippen molar-refractivity contribution in [3.8, 4) is 0 Å². The molecule has 0 aromatic carbocycles. The zero-order valence-electron chi connectivity index (χ0n) is 10.5. The van der Waals surface area contributed by atoms with Crippen molar-refractivity contribution in [2.45, 2.75) is 6.42 Å². The molecule has 2 aromatic rings. The quantitative estimate of drug-likeness (QED) is 0.943. The van der Waals surface area contributed by atoms with Gasteiger partial charge in [-0.05, 0) is 23.9 Å². The summed E-state index contributed by atoms with van der Waals surface area (Å²) in [4.78, 5) is 19.0. The second-order valence-electron chi connectivity index (χ2n) is 4.15. The third kappa shape index (κ3) is 3.45. The molecule has 2 rings (SSSR count). The Balaban J connectivity index is 2.00. The summed E-state index contributed by atoms with van der Waals surface area (Å²) >= 11 is 7.55. The molecule has 6 heteroatoms. The number of thiophene rings is 1. The molecule has 0 aliphatic rings. The first-order chi connectivity index (χ1) is 9.08. The predicted octanol–water partition coefficient (Wildman–Crippen LogP) is 2.69. The van der Waals surface area contributed by atoms with Crippen LogP contribution in [0.1, 0.15) is 15.2 Å². The van der Waals surface area contributed by atoms with Crippen molar-refractivity contribution in [2.24, 2.45) is 0 Å². The SMILES string of the molecule is CN(CCc1cccs1)C(=O)c1cnc(N)c(Cl)c1. The molecule has 0 radical (unpaired) electrons. The van der Waals surface area contributed by atoms with Crippen LogP contribution in [0.4, 0.5) is 5.82 Å². The van der Waals surface area contributed by atoms with Crippen molar-refractivity contribution in [3.05, 3.63) is 45.2 Å². The smallest absolute Gasteiger partial charge is 0.255 e. The number of hydrogen-bond acceptors (Lipinski definition) is 4. The lowest BCUT2D eigenvalue weighted by Gasteiger charge is -2.16. The van der Waals surface area contributed by atoms with Crippen molar-refractivity contribution in [2.75, 3.05) is 19.3 Å². The van der Waals surface area contributed by atoms with Gasteiger partial charge in [0.25, 0.3) is 5.91 Å². The third-order valence-corrected chi connectivity index (χ3v) is 3.98. The highest BCUT2D eigenvalue weighted by atomic mass is 35.5. The highest BCUT2D eigenvalue weighted by Crippen LogP contribution is 2.18. The molecule has 0 aliphatic carbocycles. The van der Waals surface area contributed by atoms with E-state index in [9.17, 15) is 4.79 Å². The molecule has 19 heavy (non-hydrogen) atoms. The summed E-state index contributed by atoms with van der Waals surface area (Å²) in [5.41, 5.74) is 5.97. The van der Waals surface area contributed by atoms with Crippen LogP contribution in [-0.4, -0.2) is 29.4 Å². The van der Waals surface area contributed by atoms with Crippen LogP contribution in [0.15, 0.2) is 29.8 Å². The fourth-order valence-electron chi connectivity index (χ4n) is 1.62. The Morgan fingerprint density at radius 1 is 1.58 bits per heavy atom. The molecule has 0 saturated carbocycles. The number of carbonyl (C=O) groups is 1. The first-order valence-corrected chi connectivity index (χ1v) is 7.02. The molecule has 1 amide bonds. The average Bonchev–Trinajstić information content (AvgIpc) is 2.91. The topological polar surface area (TPSA) is 59.2 Å². The summed E-state index contributed by atoms with van der Waals surface area (Å²) in [6.07, 6.45) is 2.29. The molecule has 0 aliphatic heterocycles. The van der Waals surface area contributed by atoms with Gasteiger partial charge in [0.05, 0.1) is 10.6 Å². The Kier molecular flexibility index (Phi) is 4.39. The number of aromatic nitrogens is 1. The number of hydrogen-bond donors (Lipinski definition) is 1. The number of pyridine rings is 1. The largest absolute Gasteiger partial charge is 0.382 e. The minimum absolute atomic E-state index is 0.106. The van der Waals surface area contributed by atoms with E-state index in [4.69, 9.17) is 17.3 Å². The molecule has 2 aromatic heterocycles. The van der Waals surface area contributed by atoms with Gasteiger partial charge in [-0.15, -0.1) is 11.3 Å². The van der Waals surface area contributed by atoms with Gasteiger partial charge < -0.3 is 10.6 Å². The maximum Gasteiger partial charge on any atom is 0.255 e. The zero-order chi connectivity index (χ0) is 13.8. The first-order valence-electron chi connectivity index (χ1n) is 5.77. The lowest BCUT2D eigenvalue weighted by molar-refractivity contribution is 0.0796. The van der Waals surface area contributed by atoms with Gasteiger partial charge in [-0.25, -0.2) is 4.98 Å². The van der Waals surface area contributed by atoms with Crippen LogP contribution >= 0.6 is 22.9 Å². The maximum atomic E-state index is 12.2. The van der Waals surface area contributed by atoms with Crippen LogP contribution in [0, 0.1) is 0 Å². The Labute approximate surface area is 120 Å². The number of rotatable bonds is 4. The van der Waals surface area contributed by atoms with E-state index in [1.807, 2.05) is 11.4 Å². The Bertz CT molecular complexity index is 571. The van der Waals surface area contributed by atoms with Crippen LogP contribution in [0.2, 0.25) is 5.02 Å². The van der Waals surface area contributed by atoms with Gasteiger partial charge in [0.2, 0.25) is 0 Å². The molecule has 0 unspecified atom stereocenters. The lowest BCUT2D eigenvalue weighted by Crippen LogP contribution is -2.28. The van der Waals surface area contributed by atoms with Gasteiger partial charge >= 0.3 is 0 Å². The number of nitrogens with zero attached hydrogens (tertiary/aromatic N) is 2. The number of amides is 1. The molecule has 0 fully saturated rings. The van der Waals surface area contributed by atoms with Gasteiger partial charge in [-0.2, -0.15) is 0 Å². The number of carbonyl (C=O) groups excluding carboxylic acids is 1. The Morgan fingerprint density at radius 3 is 3.00 bits per heavy atom. The molecule has 0 atom stereocenters. The minimum Gasteiger partial charge on any atom is -0.382 e. The highest BCUT2D eigenvalue weighted by Gasteiger charge is 2.13. The second-order valence-corrected chi connectivity index (χ2v) is 5.59. The molecule has 4 nitrogen and oxygen atoms in total. The molecule has 2 N–H and O–H groups in total. The molecule has 0 spiro atoms. The van der Waals surface area contributed by atoms with Crippen molar-refractivity contribution >= 4 is 34.7 Å². The Morgan fingerprint density at radius 2 is 2.37 bits per heavy atom. The van der Waals surface area contributed by atoms with Gasteiger partial charge in [-0.1, -0.05) is 17.7 Å². The number of likely N-dealkylation sites (N-methyl/N-ethyl adjacent to an activating group) is 1. The fourth-order valence-corrected chi connectivity index (χ4v) is 2.48. The van der Waals surface area contributed by atoms with E-state index in [0.717, 1.165) is 6.42 Å². The molecule has 0 saturated heterocycles. The summed E-state index contributed by atoms with van der Waals surface area (Å²) in [5, 5.41) is 2.33. The number of halogens is 1. The molecule has 2 heterocycles. The van der Waals surface area contributed by atoms with Crippen molar-refractivity contribution in [1.29, 1.82) is 0 Å². The van der Waals surface area contributed by atoms with E-state index in [1.165, 1.54) is 11.1 Å². The van der Waals surface area contributed by atoms with Gasteiger partial charge in [0.15, 0.2) is 0 Å². The van der Waals surface area contributed by atoms with Gasteiger partial charge in [0, 0.05) is 24.7 Å².